The Kier molecular flexibility index (Phi) is 5.58. The second kappa shape index (κ2) is 8.09. The van der Waals surface area contributed by atoms with Crippen molar-refractivity contribution in [3.8, 4) is 0 Å². The van der Waals surface area contributed by atoms with Crippen molar-refractivity contribution < 1.29 is 27.6 Å². The number of halogens is 3. The van der Waals surface area contributed by atoms with Crippen LogP contribution in [0, 0.1) is 11.6 Å². The lowest BCUT2D eigenvalue weighted by atomic mass is 9.82. The van der Waals surface area contributed by atoms with E-state index >= 15 is 8.78 Å². The van der Waals surface area contributed by atoms with E-state index < -0.39 is 29.3 Å². The predicted molar refractivity (Wildman–Crippen MR) is 114 cm³/mol. The molecule has 2 atom stereocenters. The Morgan fingerprint density at radius 3 is 2.62 bits per heavy atom. The minimum absolute atomic E-state index is 0.0283. The molecule has 0 unspecified atom stereocenters. The van der Waals surface area contributed by atoms with Gasteiger partial charge in [0.05, 0.1) is 12.2 Å². The summed E-state index contributed by atoms with van der Waals surface area (Å²) in [6, 6.07) is 4.53. The molecule has 0 aliphatic carbocycles. The summed E-state index contributed by atoms with van der Waals surface area (Å²) in [6.07, 6.45) is 4.06. The number of aliphatic carboxylic acids is 1. The molecular formula is C24H23F3N2O3. The molecule has 5 nitrogen and oxygen atoms in total. The van der Waals surface area contributed by atoms with E-state index in [1.54, 1.807) is 23.2 Å². The van der Waals surface area contributed by atoms with Crippen molar-refractivity contribution in [1.82, 2.24) is 10.1 Å². The van der Waals surface area contributed by atoms with Crippen LogP contribution in [0.2, 0.25) is 0 Å². The molecule has 0 bridgehead atoms. The van der Waals surface area contributed by atoms with Gasteiger partial charge in [0.2, 0.25) is 0 Å². The molecule has 0 spiro atoms. The number of carbonyl (C=O) groups is 1. The molecule has 2 aromatic carbocycles. The molecule has 0 amide bonds. The third-order valence-corrected chi connectivity index (χ3v) is 5.73. The van der Waals surface area contributed by atoms with Crippen LogP contribution in [0.25, 0.3) is 17.0 Å². The van der Waals surface area contributed by atoms with Crippen LogP contribution in [0.1, 0.15) is 49.1 Å². The molecule has 0 fully saturated rings. The van der Waals surface area contributed by atoms with Gasteiger partial charge in [-0.1, -0.05) is 11.2 Å². The molecule has 2 heterocycles. The highest BCUT2D eigenvalue weighted by Crippen LogP contribution is 2.43. The van der Waals surface area contributed by atoms with E-state index in [1.165, 1.54) is 13.8 Å². The van der Waals surface area contributed by atoms with Gasteiger partial charge < -0.3 is 9.63 Å². The lowest BCUT2D eigenvalue weighted by Gasteiger charge is -2.44. The zero-order valence-corrected chi connectivity index (χ0v) is 17.9. The zero-order valence-electron chi connectivity index (χ0n) is 17.9. The van der Waals surface area contributed by atoms with E-state index in [2.05, 4.69) is 5.16 Å². The zero-order chi connectivity index (χ0) is 23.2. The smallest absolute Gasteiger partial charge is 0.328 e. The largest absolute Gasteiger partial charge is 0.478 e. The van der Waals surface area contributed by atoms with Gasteiger partial charge in [0, 0.05) is 29.6 Å². The van der Waals surface area contributed by atoms with Crippen LogP contribution in [0.3, 0.4) is 0 Å². The summed E-state index contributed by atoms with van der Waals surface area (Å²) in [5, 5.41) is 13.4. The fourth-order valence-electron chi connectivity index (χ4n) is 4.48. The second-order valence-electron chi connectivity index (χ2n) is 8.79. The summed E-state index contributed by atoms with van der Waals surface area (Å²) >= 11 is 0. The second-order valence-corrected chi connectivity index (χ2v) is 8.79. The summed E-state index contributed by atoms with van der Waals surface area (Å²) in [7, 11) is 0. The SMILES string of the molecule is C[C@H]1Cc2c(ccc3oncc23)[C@H](c2c(F)cc(/C=C/C(=O)O)cc2F)N1CC(C)(C)F. The molecule has 1 N–H and O–H groups in total. The Morgan fingerprint density at radius 1 is 1.31 bits per heavy atom. The molecule has 1 aliphatic heterocycles. The molecule has 1 aliphatic rings. The van der Waals surface area contributed by atoms with Crippen molar-refractivity contribution in [3.05, 3.63) is 70.4 Å². The highest BCUT2D eigenvalue weighted by Gasteiger charge is 2.40. The molecule has 0 saturated heterocycles. The van der Waals surface area contributed by atoms with Crippen molar-refractivity contribution >= 4 is 23.0 Å². The van der Waals surface area contributed by atoms with Crippen molar-refractivity contribution in [2.75, 3.05) is 6.54 Å². The first kappa shape index (κ1) is 22.1. The summed E-state index contributed by atoms with van der Waals surface area (Å²) in [4.78, 5) is 12.5. The topological polar surface area (TPSA) is 66.6 Å². The number of aromatic nitrogens is 1. The van der Waals surface area contributed by atoms with E-state index in [1.807, 2.05) is 6.92 Å². The van der Waals surface area contributed by atoms with Crippen LogP contribution in [-0.2, 0) is 11.2 Å². The molecule has 168 valence electrons. The maximum absolute atomic E-state index is 15.3. The number of benzene rings is 2. The van der Waals surface area contributed by atoms with Gasteiger partial charge in [-0.05, 0) is 68.2 Å². The van der Waals surface area contributed by atoms with Gasteiger partial charge in [-0.25, -0.2) is 18.0 Å². The summed E-state index contributed by atoms with van der Waals surface area (Å²) < 4.78 is 50.6. The summed E-state index contributed by atoms with van der Waals surface area (Å²) in [5.41, 5.74) is 0.386. The number of hydrogen-bond donors (Lipinski definition) is 1. The molecule has 4 rings (SSSR count). The van der Waals surface area contributed by atoms with E-state index in [0.29, 0.717) is 17.6 Å². The molecule has 0 saturated carbocycles. The molecular weight excluding hydrogens is 421 g/mol. The number of nitrogens with zero attached hydrogens (tertiary/aromatic N) is 2. The van der Waals surface area contributed by atoms with Crippen molar-refractivity contribution in [2.24, 2.45) is 0 Å². The Labute approximate surface area is 183 Å². The average Bonchev–Trinajstić information content (AvgIpc) is 3.16. The number of hydrogen-bond acceptors (Lipinski definition) is 4. The van der Waals surface area contributed by atoms with Gasteiger partial charge in [0.1, 0.15) is 17.3 Å². The van der Waals surface area contributed by atoms with Gasteiger partial charge >= 0.3 is 5.97 Å². The van der Waals surface area contributed by atoms with Crippen LogP contribution in [0.4, 0.5) is 13.2 Å². The Hall–Kier alpha value is -3.13. The van der Waals surface area contributed by atoms with Crippen molar-refractivity contribution in [1.29, 1.82) is 0 Å². The Bertz CT molecular complexity index is 1190. The minimum Gasteiger partial charge on any atom is -0.478 e. The predicted octanol–water partition coefficient (Wildman–Crippen LogP) is 5.29. The average molecular weight is 444 g/mol. The highest BCUT2D eigenvalue weighted by atomic mass is 19.1. The third kappa shape index (κ3) is 4.14. The van der Waals surface area contributed by atoms with Gasteiger partial charge in [-0.3, -0.25) is 4.90 Å². The maximum Gasteiger partial charge on any atom is 0.328 e. The van der Waals surface area contributed by atoms with Gasteiger partial charge in [0.15, 0.2) is 5.58 Å². The fraction of sp³-hybridized carbons (Fsp3) is 0.333. The fourth-order valence-corrected chi connectivity index (χ4v) is 4.48. The standard InChI is InChI=1S/C24H23F3N2O3/c1-13-8-16-15(5-6-20-17(16)11-28-32-20)23(29(13)12-24(2,3)27)22-18(25)9-14(10-19(22)26)4-7-21(30)31/h4-7,9-11,13,23H,8,12H2,1-3H3,(H,30,31)/b7-4+/t13-,23+/m0/s1. The minimum atomic E-state index is -1.59. The summed E-state index contributed by atoms with van der Waals surface area (Å²) in [6.45, 7) is 4.73. The number of alkyl halides is 1. The van der Waals surface area contributed by atoms with Crippen LogP contribution in [0.15, 0.2) is 41.1 Å². The van der Waals surface area contributed by atoms with E-state index in [0.717, 1.165) is 35.2 Å². The molecule has 1 aromatic heterocycles. The van der Waals surface area contributed by atoms with Crippen LogP contribution in [-0.4, -0.2) is 39.4 Å². The Balaban J connectivity index is 1.91. The highest BCUT2D eigenvalue weighted by molar-refractivity contribution is 5.85. The van der Waals surface area contributed by atoms with Crippen molar-refractivity contribution in [2.45, 2.75) is 44.9 Å². The molecule has 32 heavy (non-hydrogen) atoms. The van der Waals surface area contributed by atoms with E-state index in [4.69, 9.17) is 9.63 Å². The number of rotatable bonds is 5. The normalized spacial score (nSPS) is 19.6. The monoisotopic (exact) mass is 444 g/mol. The quantitative estimate of drug-likeness (QED) is 0.542. The van der Waals surface area contributed by atoms with Crippen LogP contribution in [0.5, 0.6) is 0 Å². The van der Waals surface area contributed by atoms with Crippen LogP contribution >= 0.6 is 0 Å². The lowest BCUT2D eigenvalue weighted by molar-refractivity contribution is -0.131. The van der Waals surface area contributed by atoms with Gasteiger partial charge in [-0.2, -0.15) is 0 Å². The van der Waals surface area contributed by atoms with Crippen LogP contribution < -0.4 is 0 Å². The lowest BCUT2D eigenvalue weighted by Crippen LogP contribution is -2.48. The first-order valence-corrected chi connectivity index (χ1v) is 10.3. The van der Waals surface area contributed by atoms with Gasteiger partial charge in [-0.15, -0.1) is 0 Å². The van der Waals surface area contributed by atoms with E-state index in [-0.39, 0.29) is 23.7 Å². The van der Waals surface area contributed by atoms with Gasteiger partial charge in [0.25, 0.3) is 0 Å². The Morgan fingerprint density at radius 2 is 2.00 bits per heavy atom. The van der Waals surface area contributed by atoms with Crippen molar-refractivity contribution in [3.63, 3.8) is 0 Å². The third-order valence-electron chi connectivity index (χ3n) is 5.73. The number of fused-ring (bicyclic) bond motifs is 3. The molecule has 8 heteroatoms. The first-order chi connectivity index (χ1) is 15.0. The number of carboxylic acid groups (broad SMARTS) is 1. The number of carboxylic acids is 1. The maximum atomic E-state index is 15.3. The summed E-state index contributed by atoms with van der Waals surface area (Å²) in [5.74, 6) is -2.88. The first-order valence-electron chi connectivity index (χ1n) is 10.3. The van der Waals surface area contributed by atoms with E-state index in [9.17, 15) is 9.18 Å². The molecule has 3 aromatic rings. The molecule has 0 radical (unpaired) electrons.